The van der Waals surface area contributed by atoms with Crippen LogP contribution in [0.25, 0.3) is 21.9 Å². The van der Waals surface area contributed by atoms with Crippen LogP contribution in [0.4, 0.5) is 9.18 Å². The number of benzene rings is 2. The Morgan fingerprint density at radius 3 is 2.37 bits per heavy atom. The summed E-state index contributed by atoms with van der Waals surface area (Å²) in [7, 11) is -2.61. The van der Waals surface area contributed by atoms with Crippen molar-refractivity contribution >= 4 is 32.8 Å². The van der Waals surface area contributed by atoms with Crippen molar-refractivity contribution < 1.29 is 27.5 Å². The lowest BCUT2D eigenvalue weighted by molar-refractivity contribution is 0.0950. The summed E-state index contributed by atoms with van der Waals surface area (Å²) >= 11 is 0. The number of amides is 2. The highest BCUT2D eigenvalue weighted by molar-refractivity contribution is 7.89. The molecule has 2 saturated carbocycles. The Morgan fingerprint density at radius 1 is 1.05 bits per heavy atom. The van der Waals surface area contributed by atoms with Crippen LogP contribution in [-0.4, -0.2) is 71.5 Å². The van der Waals surface area contributed by atoms with Gasteiger partial charge in [0.25, 0.3) is 11.5 Å². The number of hydrogen-bond donors (Lipinski definition) is 2. The maximum absolute atomic E-state index is 15.1. The molecule has 12 heteroatoms. The van der Waals surface area contributed by atoms with E-state index in [0.717, 1.165) is 25.7 Å². The molecule has 43 heavy (non-hydrogen) atoms. The van der Waals surface area contributed by atoms with Gasteiger partial charge in [-0.1, -0.05) is 6.07 Å². The van der Waals surface area contributed by atoms with Gasteiger partial charge in [0.05, 0.1) is 0 Å². The lowest BCUT2D eigenvalue weighted by Crippen LogP contribution is -2.47. The first-order valence-electron chi connectivity index (χ1n) is 14.7. The molecule has 0 spiro atoms. The standard InChI is InChI=1S/C31H35FN4O6S/c1-18-25(14-21(15-27(18)32)29(37)33-22-6-7-22)20-5-8-24-26(13-20)28(17-35(30(24)38)16-19-3-4-19)43(41,42)36-11-9-23(10-12-36)34(2)31(39)40/h5,8,13-15,17,19,22-23H,3-4,6-7,9-12,16H2,1-2H3,(H,33,37)(H,39,40). The third kappa shape index (κ3) is 5.77. The van der Waals surface area contributed by atoms with Gasteiger partial charge in [0.15, 0.2) is 0 Å². The number of carbonyl (C=O) groups is 2. The molecule has 0 atom stereocenters. The van der Waals surface area contributed by atoms with Crippen LogP contribution in [0.15, 0.2) is 46.2 Å². The average Bonchev–Trinajstić information content (AvgIpc) is 3.92. The quantitative estimate of drug-likeness (QED) is 0.394. The molecule has 2 aromatic carbocycles. The Bertz CT molecular complexity index is 1790. The monoisotopic (exact) mass is 610 g/mol. The number of carbonyl (C=O) groups excluding carboxylic acids is 1. The molecule has 3 fully saturated rings. The van der Waals surface area contributed by atoms with Crippen LogP contribution in [0, 0.1) is 18.7 Å². The van der Waals surface area contributed by atoms with E-state index < -0.39 is 21.9 Å². The van der Waals surface area contributed by atoms with Gasteiger partial charge in [0.1, 0.15) is 10.7 Å². The Labute approximate surface area is 249 Å². The van der Waals surface area contributed by atoms with Crippen LogP contribution < -0.4 is 10.9 Å². The van der Waals surface area contributed by atoms with Crippen molar-refractivity contribution in [2.45, 2.75) is 69.0 Å². The normalized spacial score (nSPS) is 18.1. The lowest BCUT2D eigenvalue weighted by Gasteiger charge is -2.35. The highest BCUT2D eigenvalue weighted by Crippen LogP contribution is 2.35. The molecule has 2 amide bonds. The molecule has 0 unspecified atom stereocenters. The Hall–Kier alpha value is -3.77. The number of carboxylic acid groups (broad SMARTS) is 1. The minimum atomic E-state index is -4.09. The minimum absolute atomic E-state index is 0.0182. The zero-order valence-corrected chi connectivity index (χ0v) is 25.0. The molecule has 1 saturated heterocycles. The molecule has 0 radical (unpaired) electrons. The maximum Gasteiger partial charge on any atom is 0.407 e. The minimum Gasteiger partial charge on any atom is -0.465 e. The highest BCUT2D eigenvalue weighted by Gasteiger charge is 2.34. The van der Waals surface area contributed by atoms with E-state index >= 15 is 4.39 Å². The average molecular weight is 611 g/mol. The van der Waals surface area contributed by atoms with Gasteiger partial charge in [-0.2, -0.15) is 4.31 Å². The largest absolute Gasteiger partial charge is 0.465 e. The molecule has 228 valence electrons. The molecule has 3 aromatic rings. The zero-order valence-electron chi connectivity index (χ0n) is 24.2. The first-order valence-corrected chi connectivity index (χ1v) is 16.1. The predicted octanol–water partition coefficient (Wildman–Crippen LogP) is 4.18. The fraction of sp³-hybridized carbons (Fsp3) is 0.452. The maximum atomic E-state index is 15.1. The fourth-order valence-corrected chi connectivity index (χ4v) is 7.49. The molecule has 2 heterocycles. The second-order valence-electron chi connectivity index (χ2n) is 12.1. The molecule has 3 aliphatic rings. The third-order valence-electron chi connectivity index (χ3n) is 8.92. The number of piperidine rings is 1. The van der Waals surface area contributed by atoms with E-state index in [1.165, 1.54) is 33.1 Å². The molecule has 0 bridgehead atoms. The third-order valence-corrected chi connectivity index (χ3v) is 10.8. The fourth-order valence-electron chi connectivity index (χ4n) is 5.82. The molecule has 2 N–H and O–H groups in total. The zero-order chi connectivity index (χ0) is 30.6. The second kappa shape index (κ2) is 11.1. The Morgan fingerprint density at radius 2 is 1.74 bits per heavy atom. The van der Waals surface area contributed by atoms with Crippen molar-refractivity contribution in [3.05, 3.63) is 63.8 Å². The van der Waals surface area contributed by atoms with E-state index in [1.54, 1.807) is 31.2 Å². The molecule has 1 aromatic heterocycles. The number of pyridine rings is 1. The summed E-state index contributed by atoms with van der Waals surface area (Å²) in [5, 5.41) is 12.7. The second-order valence-corrected chi connectivity index (χ2v) is 14.0. The molecule has 2 aliphatic carbocycles. The van der Waals surface area contributed by atoms with Gasteiger partial charge in [-0.05, 0) is 92.3 Å². The number of sulfonamides is 1. The number of fused-ring (bicyclic) bond motifs is 1. The van der Waals surface area contributed by atoms with Crippen molar-refractivity contribution in [1.82, 2.24) is 19.1 Å². The summed E-state index contributed by atoms with van der Waals surface area (Å²) in [5.74, 6) is -0.602. The number of nitrogens with zero attached hydrogens (tertiary/aromatic N) is 3. The van der Waals surface area contributed by atoms with E-state index in [0.29, 0.717) is 42.0 Å². The van der Waals surface area contributed by atoms with Crippen molar-refractivity contribution in [2.75, 3.05) is 20.1 Å². The van der Waals surface area contributed by atoms with Gasteiger partial charge >= 0.3 is 6.09 Å². The molecule has 10 nitrogen and oxygen atoms in total. The van der Waals surface area contributed by atoms with Gasteiger partial charge < -0.3 is 19.9 Å². The lowest BCUT2D eigenvalue weighted by atomic mass is 9.95. The van der Waals surface area contributed by atoms with Gasteiger partial charge in [-0.25, -0.2) is 17.6 Å². The highest BCUT2D eigenvalue weighted by atomic mass is 32.2. The van der Waals surface area contributed by atoms with Gasteiger partial charge in [0.2, 0.25) is 10.0 Å². The molecule has 6 rings (SSSR count). The Kier molecular flexibility index (Phi) is 7.54. The number of aromatic nitrogens is 1. The topological polar surface area (TPSA) is 129 Å². The van der Waals surface area contributed by atoms with Crippen LogP contribution in [0.2, 0.25) is 0 Å². The smallest absolute Gasteiger partial charge is 0.407 e. The number of halogens is 1. The summed E-state index contributed by atoms with van der Waals surface area (Å²) in [4.78, 5) is 38.9. The number of nitrogens with one attached hydrogen (secondary N) is 1. The summed E-state index contributed by atoms with van der Waals surface area (Å²) in [6.07, 6.45) is 4.79. The SMILES string of the molecule is Cc1c(F)cc(C(=O)NC2CC2)cc1-c1ccc2c(=O)n(CC3CC3)cc(S(=O)(=O)N3CCC(N(C)C(=O)O)CC3)c2c1. The van der Waals surface area contributed by atoms with Crippen LogP contribution in [0.1, 0.15) is 54.4 Å². The number of rotatable bonds is 8. The summed E-state index contributed by atoms with van der Waals surface area (Å²) in [6, 6.07) is 7.45. The first-order chi connectivity index (χ1) is 20.4. The van der Waals surface area contributed by atoms with Gasteiger partial charge in [0, 0.05) is 61.3 Å². The van der Waals surface area contributed by atoms with Crippen LogP contribution in [0.3, 0.4) is 0 Å². The summed E-state index contributed by atoms with van der Waals surface area (Å²) in [6.45, 7) is 2.29. The van der Waals surface area contributed by atoms with E-state index in [-0.39, 0.29) is 57.9 Å². The number of hydrogen-bond acceptors (Lipinski definition) is 5. The van der Waals surface area contributed by atoms with E-state index in [4.69, 9.17) is 0 Å². The van der Waals surface area contributed by atoms with E-state index in [9.17, 15) is 27.9 Å². The van der Waals surface area contributed by atoms with Crippen LogP contribution in [0.5, 0.6) is 0 Å². The van der Waals surface area contributed by atoms with Gasteiger partial charge in [-0.3, -0.25) is 9.59 Å². The van der Waals surface area contributed by atoms with Crippen molar-refractivity contribution in [2.24, 2.45) is 5.92 Å². The molecular formula is C31H35FN4O6S. The summed E-state index contributed by atoms with van der Waals surface area (Å²) in [5.41, 5.74) is 1.11. The molecule has 1 aliphatic heterocycles. The van der Waals surface area contributed by atoms with Crippen LogP contribution >= 0.6 is 0 Å². The van der Waals surface area contributed by atoms with Crippen LogP contribution in [-0.2, 0) is 16.6 Å². The van der Waals surface area contributed by atoms with Crippen molar-refractivity contribution in [3.63, 3.8) is 0 Å². The van der Waals surface area contributed by atoms with Crippen molar-refractivity contribution in [3.8, 4) is 11.1 Å². The summed E-state index contributed by atoms with van der Waals surface area (Å²) < 4.78 is 46.2. The molecular weight excluding hydrogens is 575 g/mol. The van der Waals surface area contributed by atoms with Gasteiger partial charge in [-0.15, -0.1) is 0 Å². The first kappa shape index (κ1) is 29.3. The van der Waals surface area contributed by atoms with E-state index in [2.05, 4.69) is 5.32 Å². The Balaban J connectivity index is 1.44. The van der Waals surface area contributed by atoms with E-state index in [1.807, 2.05) is 0 Å². The predicted molar refractivity (Wildman–Crippen MR) is 159 cm³/mol. The van der Waals surface area contributed by atoms with Crippen molar-refractivity contribution in [1.29, 1.82) is 0 Å².